The van der Waals surface area contributed by atoms with E-state index >= 15 is 0 Å². The number of alkyl halides is 1. The van der Waals surface area contributed by atoms with E-state index in [-0.39, 0.29) is 0 Å². The van der Waals surface area contributed by atoms with Gasteiger partial charge in [-0.2, -0.15) is 0 Å². The Labute approximate surface area is 132 Å². The number of nitrogens with zero attached hydrogens (tertiary/aromatic N) is 1. The molecule has 0 aliphatic rings. The Bertz CT molecular complexity index is 896. The lowest BCUT2D eigenvalue weighted by atomic mass is 10.2. The summed E-state index contributed by atoms with van der Waals surface area (Å²) in [6.07, 6.45) is 1.73. The molecule has 108 valence electrons. The van der Waals surface area contributed by atoms with Crippen LogP contribution in [0.15, 0.2) is 59.6 Å². The highest BCUT2D eigenvalue weighted by Crippen LogP contribution is 2.24. The monoisotopic (exact) mass is 362 g/mol. The van der Waals surface area contributed by atoms with E-state index in [0.29, 0.717) is 4.90 Å². The first-order valence-corrected chi connectivity index (χ1v) is 9.18. The Morgan fingerprint density at radius 3 is 2.52 bits per heavy atom. The number of fused-ring (bicyclic) bond motifs is 1. The third kappa shape index (κ3) is 2.51. The molecule has 1 unspecified atom stereocenters. The zero-order valence-corrected chi connectivity index (χ0v) is 13.9. The van der Waals surface area contributed by atoms with Crippen molar-refractivity contribution in [2.24, 2.45) is 0 Å². The van der Waals surface area contributed by atoms with E-state index in [4.69, 9.17) is 4.78 Å². The number of hydrogen-bond donors (Lipinski definition) is 1. The SMILES string of the molecule is Cc1ccc(S(=N)(=O)n2ccc3cc(CBr)ccc32)cc1. The zero-order chi connectivity index (χ0) is 15.0. The topological polar surface area (TPSA) is 45.9 Å². The first-order chi connectivity index (χ1) is 10.0. The second-order valence-electron chi connectivity index (χ2n) is 5.01. The number of hydrogen-bond acceptors (Lipinski definition) is 2. The number of halogens is 1. The van der Waals surface area contributed by atoms with Crippen molar-refractivity contribution < 1.29 is 4.21 Å². The van der Waals surface area contributed by atoms with Gasteiger partial charge in [0.25, 0.3) is 0 Å². The molecule has 1 N–H and O–H groups in total. The molecule has 0 radical (unpaired) electrons. The second-order valence-corrected chi connectivity index (χ2v) is 7.48. The van der Waals surface area contributed by atoms with E-state index in [1.54, 1.807) is 22.3 Å². The molecule has 1 atom stereocenters. The van der Waals surface area contributed by atoms with Crippen LogP contribution in [0.2, 0.25) is 0 Å². The Kier molecular flexibility index (Phi) is 3.63. The lowest BCUT2D eigenvalue weighted by molar-refractivity contribution is 0.669. The van der Waals surface area contributed by atoms with E-state index < -0.39 is 9.92 Å². The highest BCUT2D eigenvalue weighted by molar-refractivity contribution is 9.08. The van der Waals surface area contributed by atoms with E-state index in [1.807, 2.05) is 43.3 Å². The van der Waals surface area contributed by atoms with Crippen molar-refractivity contribution in [1.82, 2.24) is 3.97 Å². The van der Waals surface area contributed by atoms with Gasteiger partial charge in [-0.1, -0.05) is 39.7 Å². The molecular formula is C16H15BrN2OS. The highest BCUT2D eigenvalue weighted by atomic mass is 79.9. The van der Waals surface area contributed by atoms with Crippen molar-refractivity contribution in [3.63, 3.8) is 0 Å². The predicted octanol–water partition coefficient (Wildman–Crippen LogP) is 4.71. The summed E-state index contributed by atoms with van der Waals surface area (Å²) < 4.78 is 22.9. The molecule has 3 rings (SSSR count). The lowest BCUT2D eigenvalue weighted by Crippen LogP contribution is -2.10. The Morgan fingerprint density at radius 1 is 1.14 bits per heavy atom. The molecule has 3 aromatic rings. The van der Waals surface area contributed by atoms with Gasteiger partial charge in [-0.25, -0.2) is 8.99 Å². The van der Waals surface area contributed by atoms with Crippen molar-refractivity contribution in [2.75, 3.05) is 0 Å². The van der Waals surface area contributed by atoms with Crippen LogP contribution < -0.4 is 0 Å². The normalized spacial score (nSPS) is 14.2. The molecular weight excluding hydrogens is 348 g/mol. The maximum atomic E-state index is 13.0. The largest absolute Gasteiger partial charge is 0.257 e. The van der Waals surface area contributed by atoms with Crippen molar-refractivity contribution >= 4 is 36.7 Å². The Balaban J connectivity index is 2.17. The van der Waals surface area contributed by atoms with Crippen molar-refractivity contribution in [1.29, 1.82) is 4.78 Å². The summed E-state index contributed by atoms with van der Waals surface area (Å²) in [5, 5.41) is 1.78. The van der Waals surface area contributed by atoms with Gasteiger partial charge in [0, 0.05) is 16.9 Å². The van der Waals surface area contributed by atoms with Gasteiger partial charge in [0.2, 0.25) is 0 Å². The number of rotatable bonds is 3. The van der Waals surface area contributed by atoms with Crippen LogP contribution in [-0.4, -0.2) is 8.18 Å². The van der Waals surface area contributed by atoms with Crippen LogP contribution in [-0.2, 0) is 15.2 Å². The Morgan fingerprint density at radius 2 is 1.86 bits per heavy atom. The summed E-state index contributed by atoms with van der Waals surface area (Å²) in [5.41, 5.74) is 3.07. The van der Waals surface area contributed by atoms with Gasteiger partial charge in [0.05, 0.1) is 10.4 Å². The van der Waals surface area contributed by atoms with Crippen LogP contribution in [0, 0.1) is 11.7 Å². The minimum atomic E-state index is -3.05. The fraction of sp³-hybridized carbons (Fsp3) is 0.125. The van der Waals surface area contributed by atoms with Crippen molar-refractivity contribution in [2.45, 2.75) is 17.1 Å². The van der Waals surface area contributed by atoms with Gasteiger partial charge >= 0.3 is 0 Å². The number of aryl methyl sites for hydroxylation is 1. The molecule has 1 heterocycles. The lowest BCUT2D eigenvalue weighted by Gasteiger charge is -2.11. The fourth-order valence-corrected chi connectivity index (χ4v) is 4.07. The zero-order valence-electron chi connectivity index (χ0n) is 11.5. The summed E-state index contributed by atoms with van der Waals surface area (Å²) in [4.78, 5) is 0.523. The molecule has 0 aliphatic carbocycles. The summed E-state index contributed by atoms with van der Waals surface area (Å²) in [5.74, 6) is 0. The van der Waals surface area contributed by atoms with Gasteiger partial charge in [0.15, 0.2) is 9.92 Å². The second kappa shape index (κ2) is 5.31. The summed E-state index contributed by atoms with van der Waals surface area (Å²) in [7, 11) is -3.05. The van der Waals surface area contributed by atoms with Gasteiger partial charge in [-0.3, -0.25) is 3.97 Å². The standard InChI is InChI=1S/C16H15BrN2OS/c1-12-2-5-15(6-3-12)21(18,20)19-9-8-14-10-13(11-17)4-7-16(14)19/h2-10,18H,11H2,1H3. The molecule has 0 saturated heterocycles. The first-order valence-electron chi connectivity index (χ1n) is 6.54. The van der Waals surface area contributed by atoms with E-state index in [2.05, 4.69) is 15.9 Å². The Hall–Kier alpha value is -1.59. The van der Waals surface area contributed by atoms with Crippen LogP contribution in [0.25, 0.3) is 10.9 Å². The quantitative estimate of drug-likeness (QED) is 0.673. The van der Waals surface area contributed by atoms with Gasteiger partial charge in [0.1, 0.15) is 0 Å². The van der Waals surface area contributed by atoms with Gasteiger partial charge < -0.3 is 0 Å². The third-order valence-corrected chi connectivity index (χ3v) is 5.92. The molecule has 0 saturated carbocycles. The summed E-state index contributed by atoms with van der Waals surface area (Å²) in [6, 6.07) is 15.2. The van der Waals surface area contributed by atoms with Gasteiger partial charge in [-0.05, 0) is 42.8 Å². The van der Waals surface area contributed by atoms with Gasteiger partial charge in [-0.15, -0.1) is 0 Å². The number of aromatic nitrogens is 1. The van der Waals surface area contributed by atoms with E-state index in [0.717, 1.165) is 27.4 Å². The minimum absolute atomic E-state index is 0.523. The fourth-order valence-electron chi connectivity index (χ4n) is 2.31. The molecule has 0 spiro atoms. The molecule has 5 heteroatoms. The van der Waals surface area contributed by atoms with E-state index in [9.17, 15) is 4.21 Å². The van der Waals surface area contributed by atoms with Crippen molar-refractivity contribution in [3.8, 4) is 0 Å². The molecule has 2 aromatic carbocycles. The summed E-state index contributed by atoms with van der Waals surface area (Å²) >= 11 is 3.43. The molecule has 0 bridgehead atoms. The molecule has 0 aliphatic heterocycles. The number of nitrogens with one attached hydrogen (secondary N) is 1. The highest BCUT2D eigenvalue weighted by Gasteiger charge is 2.15. The minimum Gasteiger partial charge on any atom is -0.257 e. The smallest absolute Gasteiger partial charge is 0.162 e. The van der Waals surface area contributed by atoms with Crippen LogP contribution in [0.5, 0.6) is 0 Å². The van der Waals surface area contributed by atoms with Crippen LogP contribution in [0.4, 0.5) is 0 Å². The third-order valence-electron chi connectivity index (χ3n) is 3.49. The predicted molar refractivity (Wildman–Crippen MR) is 90.3 cm³/mol. The maximum absolute atomic E-state index is 13.0. The number of benzene rings is 2. The molecule has 1 aromatic heterocycles. The molecule has 21 heavy (non-hydrogen) atoms. The maximum Gasteiger partial charge on any atom is 0.162 e. The molecule has 0 fully saturated rings. The van der Waals surface area contributed by atoms with Crippen LogP contribution in [0.3, 0.4) is 0 Å². The summed E-state index contributed by atoms with van der Waals surface area (Å²) in [6.45, 7) is 1.97. The van der Waals surface area contributed by atoms with Crippen molar-refractivity contribution in [3.05, 3.63) is 65.9 Å². The first kappa shape index (κ1) is 14.4. The average molecular weight is 363 g/mol. The van der Waals surface area contributed by atoms with E-state index in [1.165, 1.54) is 0 Å². The molecule has 0 amide bonds. The average Bonchev–Trinajstić information content (AvgIpc) is 2.91. The van der Waals surface area contributed by atoms with Crippen LogP contribution >= 0.6 is 15.9 Å². The van der Waals surface area contributed by atoms with Crippen LogP contribution in [0.1, 0.15) is 11.1 Å². The molecule has 3 nitrogen and oxygen atoms in total.